The molecular formula is C6H14N2O2S. The molecule has 3 N–H and O–H groups in total. The van der Waals surface area contributed by atoms with Gasteiger partial charge in [0.25, 0.3) is 0 Å². The molecule has 11 heavy (non-hydrogen) atoms. The molecule has 1 aliphatic heterocycles. The van der Waals surface area contributed by atoms with E-state index >= 15 is 0 Å². The summed E-state index contributed by atoms with van der Waals surface area (Å²) in [5, 5.41) is 8.07. The molecule has 0 aliphatic carbocycles. The molecule has 0 aromatic carbocycles. The molecule has 0 radical (unpaired) electrons. The van der Waals surface area contributed by atoms with Crippen LogP contribution in [0.3, 0.4) is 0 Å². The minimum Gasteiger partial charge on any atom is -0.314 e. The van der Waals surface area contributed by atoms with Crippen molar-refractivity contribution in [1.82, 2.24) is 5.32 Å². The SMILES string of the molecule is NS(=O)(=O)CCC1CCCN1. The van der Waals surface area contributed by atoms with Crippen LogP contribution in [0.2, 0.25) is 0 Å². The van der Waals surface area contributed by atoms with Gasteiger partial charge < -0.3 is 5.32 Å². The van der Waals surface area contributed by atoms with Gasteiger partial charge >= 0.3 is 0 Å². The fourth-order valence-electron chi connectivity index (χ4n) is 1.31. The lowest BCUT2D eigenvalue weighted by Gasteiger charge is -2.07. The van der Waals surface area contributed by atoms with E-state index in [0.29, 0.717) is 12.5 Å². The fourth-order valence-corrected chi connectivity index (χ4v) is 1.92. The number of nitrogens with one attached hydrogen (secondary N) is 1. The van der Waals surface area contributed by atoms with Gasteiger partial charge in [-0.1, -0.05) is 0 Å². The first-order valence-electron chi connectivity index (χ1n) is 3.82. The molecule has 1 unspecified atom stereocenters. The van der Waals surface area contributed by atoms with E-state index in [2.05, 4.69) is 5.32 Å². The predicted octanol–water partition coefficient (Wildman–Crippen LogP) is -0.583. The summed E-state index contributed by atoms with van der Waals surface area (Å²) < 4.78 is 21.1. The van der Waals surface area contributed by atoms with Crippen LogP contribution in [-0.4, -0.2) is 26.8 Å². The van der Waals surface area contributed by atoms with Gasteiger partial charge in [0.2, 0.25) is 10.0 Å². The normalized spacial score (nSPS) is 25.7. The standard InChI is InChI=1S/C6H14N2O2S/c7-11(9,10)5-3-6-2-1-4-8-6/h6,8H,1-5H2,(H2,7,9,10). The quantitative estimate of drug-likeness (QED) is 0.607. The molecule has 0 bridgehead atoms. The van der Waals surface area contributed by atoms with Crippen molar-refractivity contribution in [3.63, 3.8) is 0 Å². The zero-order valence-electron chi connectivity index (χ0n) is 6.41. The molecule has 0 aromatic heterocycles. The molecule has 0 amide bonds. The summed E-state index contributed by atoms with van der Waals surface area (Å²) in [4.78, 5) is 0. The van der Waals surface area contributed by atoms with Crippen LogP contribution in [0.1, 0.15) is 19.3 Å². The molecule has 1 saturated heterocycles. The Kier molecular flexibility index (Phi) is 2.86. The topological polar surface area (TPSA) is 72.2 Å². The number of hydrogen-bond acceptors (Lipinski definition) is 3. The zero-order valence-corrected chi connectivity index (χ0v) is 7.23. The van der Waals surface area contributed by atoms with Crippen molar-refractivity contribution in [2.45, 2.75) is 25.3 Å². The van der Waals surface area contributed by atoms with E-state index in [1.165, 1.54) is 0 Å². The van der Waals surface area contributed by atoms with Gasteiger partial charge in [-0.25, -0.2) is 13.6 Å². The van der Waals surface area contributed by atoms with Crippen molar-refractivity contribution >= 4 is 10.0 Å². The summed E-state index contributed by atoms with van der Waals surface area (Å²) in [6.07, 6.45) is 2.88. The first-order valence-corrected chi connectivity index (χ1v) is 5.53. The maximum Gasteiger partial charge on any atom is 0.209 e. The van der Waals surface area contributed by atoms with Crippen LogP contribution in [-0.2, 0) is 10.0 Å². The minimum absolute atomic E-state index is 0.102. The van der Waals surface area contributed by atoms with Crippen LogP contribution < -0.4 is 10.5 Å². The number of sulfonamides is 1. The number of hydrogen-bond donors (Lipinski definition) is 2. The lowest BCUT2D eigenvalue weighted by molar-refractivity contribution is 0.563. The highest BCUT2D eigenvalue weighted by Gasteiger charge is 2.15. The monoisotopic (exact) mass is 178 g/mol. The lowest BCUT2D eigenvalue weighted by Crippen LogP contribution is -2.26. The molecule has 1 heterocycles. The highest BCUT2D eigenvalue weighted by atomic mass is 32.2. The Morgan fingerprint density at radius 2 is 2.27 bits per heavy atom. The molecular weight excluding hydrogens is 164 g/mol. The summed E-state index contributed by atoms with van der Waals surface area (Å²) in [6, 6.07) is 0.369. The molecule has 1 aliphatic rings. The van der Waals surface area contributed by atoms with Gasteiger partial charge in [0, 0.05) is 6.04 Å². The van der Waals surface area contributed by atoms with Gasteiger partial charge in [0.05, 0.1) is 5.75 Å². The third kappa shape index (κ3) is 3.69. The Labute approximate surface area is 67.2 Å². The van der Waals surface area contributed by atoms with Crippen molar-refractivity contribution < 1.29 is 8.42 Å². The third-order valence-corrected chi connectivity index (χ3v) is 2.72. The van der Waals surface area contributed by atoms with Crippen LogP contribution in [0, 0.1) is 0 Å². The van der Waals surface area contributed by atoms with Crippen LogP contribution >= 0.6 is 0 Å². The van der Waals surface area contributed by atoms with Crippen molar-refractivity contribution in [1.29, 1.82) is 0 Å². The summed E-state index contributed by atoms with van der Waals surface area (Å²) in [6.45, 7) is 1.01. The number of rotatable bonds is 3. The molecule has 0 aromatic rings. The zero-order chi connectivity index (χ0) is 8.32. The lowest BCUT2D eigenvalue weighted by atomic mass is 10.2. The van der Waals surface area contributed by atoms with Crippen LogP contribution in [0.5, 0.6) is 0 Å². The molecule has 0 saturated carbocycles. The number of primary sulfonamides is 1. The molecule has 5 heteroatoms. The van der Waals surface area contributed by atoms with Crippen molar-refractivity contribution in [3.8, 4) is 0 Å². The second-order valence-corrected chi connectivity index (χ2v) is 4.68. The molecule has 66 valence electrons. The van der Waals surface area contributed by atoms with Crippen LogP contribution in [0.25, 0.3) is 0 Å². The summed E-state index contributed by atoms with van der Waals surface area (Å²) in [7, 11) is -3.25. The molecule has 1 atom stereocenters. The second-order valence-electron chi connectivity index (χ2n) is 2.95. The summed E-state index contributed by atoms with van der Waals surface area (Å²) in [5.41, 5.74) is 0. The molecule has 4 nitrogen and oxygen atoms in total. The van der Waals surface area contributed by atoms with Gasteiger partial charge in [0.15, 0.2) is 0 Å². The molecule has 1 rings (SSSR count). The number of nitrogens with two attached hydrogens (primary N) is 1. The minimum atomic E-state index is -3.25. The highest BCUT2D eigenvalue weighted by molar-refractivity contribution is 7.89. The Morgan fingerprint density at radius 3 is 2.73 bits per heavy atom. The van der Waals surface area contributed by atoms with E-state index in [0.717, 1.165) is 19.4 Å². The maximum atomic E-state index is 10.5. The van der Waals surface area contributed by atoms with Gasteiger partial charge in [-0.15, -0.1) is 0 Å². The smallest absolute Gasteiger partial charge is 0.209 e. The average Bonchev–Trinajstić information content (AvgIpc) is 2.32. The van der Waals surface area contributed by atoms with Crippen LogP contribution in [0.15, 0.2) is 0 Å². The first-order chi connectivity index (χ1) is 5.08. The largest absolute Gasteiger partial charge is 0.314 e. The van der Waals surface area contributed by atoms with Crippen LogP contribution in [0.4, 0.5) is 0 Å². The average molecular weight is 178 g/mol. The van der Waals surface area contributed by atoms with Crippen molar-refractivity contribution in [2.75, 3.05) is 12.3 Å². The van der Waals surface area contributed by atoms with E-state index in [9.17, 15) is 8.42 Å². The Morgan fingerprint density at radius 1 is 1.55 bits per heavy atom. The molecule has 1 fully saturated rings. The first kappa shape index (κ1) is 8.96. The second kappa shape index (κ2) is 3.51. The Bertz CT molecular complexity index is 207. The third-order valence-electron chi connectivity index (χ3n) is 1.91. The van der Waals surface area contributed by atoms with Gasteiger partial charge in [0.1, 0.15) is 0 Å². The van der Waals surface area contributed by atoms with Gasteiger partial charge in [-0.3, -0.25) is 0 Å². The van der Waals surface area contributed by atoms with E-state index < -0.39 is 10.0 Å². The van der Waals surface area contributed by atoms with Gasteiger partial charge in [-0.05, 0) is 25.8 Å². The highest BCUT2D eigenvalue weighted by Crippen LogP contribution is 2.08. The molecule has 0 spiro atoms. The van der Waals surface area contributed by atoms with E-state index in [1.54, 1.807) is 0 Å². The fraction of sp³-hybridized carbons (Fsp3) is 1.00. The predicted molar refractivity (Wildman–Crippen MR) is 43.6 cm³/mol. The Balaban J connectivity index is 2.22. The Hall–Kier alpha value is -0.130. The summed E-state index contributed by atoms with van der Waals surface area (Å²) in [5.74, 6) is 0.102. The van der Waals surface area contributed by atoms with Gasteiger partial charge in [-0.2, -0.15) is 0 Å². The van der Waals surface area contributed by atoms with E-state index in [-0.39, 0.29) is 5.75 Å². The van der Waals surface area contributed by atoms with Crippen molar-refractivity contribution in [2.24, 2.45) is 5.14 Å². The van der Waals surface area contributed by atoms with E-state index in [4.69, 9.17) is 5.14 Å². The van der Waals surface area contributed by atoms with Crippen molar-refractivity contribution in [3.05, 3.63) is 0 Å². The summed E-state index contributed by atoms with van der Waals surface area (Å²) >= 11 is 0. The maximum absolute atomic E-state index is 10.5. The van der Waals surface area contributed by atoms with E-state index in [1.807, 2.05) is 0 Å².